The predicted octanol–water partition coefficient (Wildman–Crippen LogP) is 3.26. The number of ether oxygens (including phenoxy) is 1. The number of hydrogen-bond acceptors (Lipinski definition) is 7. The van der Waals surface area contributed by atoms with E-state index in [9.17, 15) is 13.9 Å². The van der Waals surface area contributed by atoms with Crippen LogP contribution in [0.3, 0.4) is 0 Å². The molecule has 0 aromatic rings. The van der Waals surface area contributed by atoms with Crippen LogP contribution in [-0.4, -0.2) is 65.4 Å². The molecule has 3 unspecified atom stereocenters. The van der Waals surface area contributed by atoms with Crippen molar-refractivity contribution in [1.29, 1.82) is 0 Å². The van der Waals surface area contributed by atoms with E-state index in [1.807, 2.05) is 0 Å². The Morgan fingerprint density at radius 2 is 1.21 bits per heavy atom. The molecule has 0 bridgehead atoms. The molecule has 0 saturated heterocycles. The second-order valence-corrected chi connectivity index (χ2v) is 8.62. The van der Waals surface area contributed by atoms with Gasteiger partial charge in [0, 0.05) is 51.2 Å². The van der Waals surface area contributed by atoms with Gasteiger partial charge in [0.2, 0.25) is 0 Å². The molecule has 0 aliphatic heterocycles. The first kappa shape index (κ1) is 52.0. The Bertz CT molecular complexity index is 470. The zero-order chi connectivity index (χ0) is 21.2. The fraction of sp³-hybridized carbons (Fsp3) is 0.750. The maximum atomic E-state index is 10.7. The van der Waals surface area contributed by atoms with E-state index < -0.39 is 37.6 Å². The first-order valence-corrected chi connectivity index (χ1v) is 13.1. The molecule has 0 saturated carbocycles. The normalized spacial score (nSPS) is 9.48. The van der Waals surface area contributed by atoms with E-state index in [0.29, 0.717) is 5.57 Å². The minimum Gasteiger partial charge on any atom is -0.460 e. The van der Waals surface area contributed by atoms with Gasteiger partial charge in [-0.1, -0.05) is 21.4 Å². The van der Waals surface area contributed by atoms with Crippen LogP contribution in [0.4, 0.5) is 0 Å². The second kappa shape index (κ2) is 33.4. The van der Waals surface area contributed by atoms with Crippen LogP contribution in [0, 0.1) is 0 Å². The summed E-state index contributed by atoms with van der Waals surface area (Å²) in [5, 5.41) is 0. The third-order valence-electron chi connectivity index (χ3n) is 0.938. The van der Waals surface area contributed by atoms with E-state index in [0.717, 1.165) is 6.66 Å². The van der Waals surface area contributed by atoms with Crippen LogP contribution in [-0.2, 0) is 71.3 Å². The molecular weight excluding hydrogens is 575 g/mol. The summed E-state index contributed by atoms with van der Waals surface area (Å²) in [5.41, 5.74) is 0.343. The van der Waals surface area contributed by atoms with Gasteiger partial charge >= 0.3 is 37.6 Å². The summed E-state index contributed by atoms with van der Waals surface area (Å²) >= 11 is 0. The molecule has 0 aromatic heterocycles. The average Bonchev–Trinajstić information content (AvgIpc) is 2.30. The predicted molar refractivity (Wildman–Crippen MR) is 108 cm³/mol. The van der Waals surface area contributed by atoms with Gasteiger partial charge in [0.05, 0.1) is 0 Å². The maximum Gasteiger partial charge on any atom is 0.504 e. The van der Waals surface area contributed by atoms with Crippen LogP contribution >= 0.6 is 31.7 Å². The first-order valence-electron chi connectivity index (χ1n) is 6.09. The second-order valence-electron chi connectivity index (χ2n) is 3.95. The summed E-state index contributed by atoms with van der Waals surface area (Å²) in [6.45, 7) is 9.98. The monoisotopic (exact) mass is 605 g/mol. The van der Waals surface area contributed by atoms with Crippen molar-refractivity contribution in [1.82, 2.24) is 0 Å². The van der Waals surface area contributed by atoms with E-state index in [1.54, 1.807) is 6.92 Å². The van der Waals surface area contributed by atoms with Gasteiger partial charge in [-0.05, 0) is 20.6 Å². The van der Waals surface area contributed by atoms with E-state index in [1.165, 1.54) is 20.0 Å². The molecule has 4 N–H and O–H groups in total. The van der Waals surface area contributed by atoms with Crippen molar-refractivity contribution in [2.24, 2.45) is 0 Å². The van der Waals surface area contributed by atoms with Crippen molar-refractivity contribution in [3.05, 3.63) is 12.2 Å². The van der Waals surface area contributed by atoms with Crippen molar-refractivity contribution in [3.8, 4) is 0 Å². The molecule has 0 fully saturated rings. The van der Waals surface area contributed by atoms with Crippen LogP contribution < -0.4 is 0 Å². The van der Waals surface area contributed by atoms with Crippen LogP contribution in [0.2, 0.25) is 0 Å². The van der Waals surface area contributed by atoms with Crippen molar-refractivity contribution in [2.75, 3.05) is 39.9 Å². The molecule has 0 aliphatic rings. The summed E-state index contributed by atoms with van der Waals surface area (Å²) in [4.78, 5) is 41.1. The first-order chi connectivity index (χ1) is 11.0. The van der Waals surface area contributed by atoms with E-state index in [-0.39, 0.29) is 67.0 Å². The SMILES string of the molecule is C.C.C=C(C)C(=O)OCCO[P+](C)=O.CP(=O)(O)O.C[P+](=O)O.C[P+](=O)O.[Zn].[Zn]. The summed E-state index contributed by atoms with van der Waals surface area (Å²) in [6, 6.07) is 0. The molecular formula is C12H33O11P4Zn2+3. The molecule has 0 radical (unpaired) electrons. The largest absolute Gasteiger partial charge is 0.504 e. The minimum absolute atomic E-state index is 0. The van der Waals surface area contributed by atoms with Gasteiger partial charge in [-0.15, -0.1) is 4.52 Å². The summed E-state index contributed by atoms with van der Waals surface area (Å²) in [6.07, 6.45) is 0. The van der Waals surface area contributed by atoms with Crippen molar-refractivity contribution in [2.45, 2.75) is 21.8 Å². The van der Waals surface area contributed by atoms with Crippen LogP contribution in [0.15, 0.2) is 12.2 Å². The Labute approximate surface area is 201 Å². The van der Waals surface area contributed by atoms with Crippen LogP contribution in [0.25, 0.3) is 0 Å². The number of carbonyl (C=O) groups excluding carboxylic acids is 1. The molecule has 0 heterocycles. The molecule has 0 amide bonds. The van der Waals surface area contributed by atoms with E-state index in [4.69, 9.17) is 28.7 Å². The van der Waals surface area contributed by atoms with E-state index in [2.05, 4.69) is 15.8 Å². The Morgan fingerprint density at radius 1 is 0.966 bits per heavy atom. The van der Waals surface area contributed by atoms with Gasteiger partial charge in [0.25, 0.3) is 0 Å². The quantitative estimate of drug-likeness (QED) is 0.118. The molecule has 0 aliphatic carbocycles. The molecule has 17 heteroatoms. The summed E-state index contributed by atoms with van der Waals surface area (Å²) in [5.74, 6) is -0.454. The fourth-order valence-electron chi connectivity index (χ4n) is 0.423. The molecule has 3 atom stereocenters. The Morgan fingerprint density at radius 3 is 1.38 bits per heavy atom. The van der Waals surface area contributed by atoms with Gasteiger partial charge in [0.15, 0.2) is 20.0 Å². The van der Waals surface area contributed by atoms with Crippen LogP contribution in [0.1, 0.15) is 21.8 Å². The third-order valence-corrected chi connectivity index (χ3v) is 1.48. The summed E-state index contributed by atoms with van der Waals surface area (Å²) < 4.78 is 47.3. The topological polar surface area (TPSA) is 185 Å². The minimum atomic E-state index is -3.64. The zero-order valence-corrected chi connectivity index (χ0v) is 25.5. The smallest absolute Gasteiger partial charge is 0.460 e. The van der Waals surface area contributed by atoms with Gasteiger partial charge in [-0.2, -0.15) is 9.79 Å². The van der Waals surface area contributed by atoms with Gasteiger partial charge in [-0.25, -0.2) is 4.79 Å². The van der Waals surface area contributed by atoms with Crippen LogP contribution in [0.5, 0.6) is 0 Å². The van der Waals surface area contributed by atoms with Gasteiger partial charge in [0.1, 0.15) is 13.2 Å². The zero-order valence-electron chi connectivity index (χ0n) is 16.0. The maximum absolute atomic E-state index is 10.7. The van der Waals surface area contributed by atoms with E-state index >= 15 is 0 Å². The van der Waals surface area contributed by atoms with Crippen molar-refractivity contribution < 1.29 is 90.8 Å². The standard InChI is InChI=1S/C7H12O4P.CH5O3P.2CH3O2P.2CH4.2Zn/c1-6(2)7(8)10-4-5-11-12(3)9;1-5(2,3)4;2*1-4(2)3;;;;/h1,4-5H2,2-3H3;1H3,(H2,2,3,4);2*1H3;2*1H4;;/q+1;;;;;;;/p+2. The van der Waals surface area contributed by atoms with Gasteiger partial charge < -0.3 is 14.5 Å². The summed E-state index contributed by atoms with van der Waals surface area (Å²) in [7, 11) is -8.99. The third kappa shape index (κ3) is 149. The molecule has 0 rings (SSSR count). The molecule has 11 nitrogen and oxygen atoms in total. The number of carbonyl (C=O) groups is 1. The number of hydrogen-bond donors (Lipinski definition) is 4. The van der Waals surface area contributed by atoms with Crippen molar-refractivity contribution >= 4 is 37.6 Å². The number of esters is 1. The molecule has 0 spiro atoms. The molecule has 168 valence electrons. The Kier molecular flexibility index (Phi) is 59.9. The van der Waals surface area contributed by atoms with Crippen molar-refractivity contribution in [3.63, 3.8) is 0 Å². The fourth-order valence-corrected chi connectivity index (χ4v) is 0.755. The number of rotatable bonds is 5. The molecule has 29 heavy (non-hydrogen) atoms. The van der Waals surface area contributed by atoms with Gasteiger partial charge in [-0.3, -0.25) is 4.57 Å². The average molecular weight is 608 g/mol. The Hall–Kier alpha value is 0.787. The Balaban J connectivity index is -0.0000000369. The molecule has 0 aromatic carbocycles.